The molecule has 0 saturated heterocycles. The zero-order valence-corrected chi connectivity index (χ0v) is 26.8. The Balaban J connectivity index is 1.39. The van der Waals surface area contributed by atoms with Crippen molar-refractivity contribution < 1.29 is 18.4 Å². The van der Waals surface area contributed by atoms with E-state index in [-0.39, 0.29) is 33.5 Å². The van der Waals surface area contributed by atoms with Crippen LogP contribution in [0, 0.1) is 11.6 Å². The molecule has 0 radical (unpaired) electrons. The Morgan fingerprint density at radius 3 is 1.52 bits per heavy atom. The van der Waals surface area contributed by atoms with Gasteiger partial charge >= 0.3 is 0 Å². The minimum atomic E-state index is -0.509. The molecule has 9 rings (SSSR count). The van der Waals surface area contributed by atoms with E-state index < -0.39 is 11.8 Å². The topological polar surface area (TPSA) is 60.1 Å². The molecule has 0 fully saturated rings. The normalized spacial score (nSPS) is 12.7. The first-order valence-corrected chi connectivity index (χ1v) is 16.2. The molecule has 50 heavy (non-hydrogen) atoms. The number of carbonyl (C=O) groups is 2. The molecular formula is C41H23ClF2N4O2. The van der Waals surface area contributed by atoms with Gasteiger partial charge in [0.25, 0.3) is 11.8 Å². The number of hydrogen-bond donors (Lipinski definition) is 0. The predicted molar refractivity (Wildman–Crippen MR) is 191 cm³/mol. The monoisotopic (exact) mass is 676 g/mol. The van der Waals surface area contributed by atoms with Crippen LogP contribution in [0.1, 0.15) is 20.7 Å². The third kappa shape index (κ3) is 4.49. The van der Waals surface area contributed by atoms with E-state index >= 15 is 0 Å². The van der Waals surface area contributed by atoms with Gasteiger partial charge < -0.3 is 4.57 Å². The van der Waals surface area contributed by atoms with Gasteiger partial charge in [-0.1, -0.05) is 84.4 Å². The van der Waals surface area contributed by atoms with Crippen LogP contribution < -0.4 is 4.90 Å². The number of anilines is 1. The number of fused-ring (bicyclic) bond motifs is 3. The summed E-state index contributed by atoms with van der Waals surface area (Å²) in [6, 6.07) is 34.6. The molecular weight excluding hydrogens is 654 g/mol. The number of aromatic nitrogens is 3. The number of pyridine rings is 1. The third-order valence-electron chi connectivity index (χ3n) is 9.18. The third-order valence-corrected chi connectivity index (χ3v) is 9.46. The summed E-state index contributed by atoms with van der Waals surface area (Å²) in [6.07, 6.45) is 5.25. The maximum Gasteiger partial charge on any atom is 0.266 e. The van der Waals surface area contributed by atoms with E-state index in [0.29, 0.717) is 11.5 Å². The van der Waals surface area contributed by atoms with Gasteiger partial charge in [0.05, 0.1) is 33.4 Å². The Labute approximate surface area is 289 Å². The summed E-state index contributed by atoms with van der Waals surface area (Å²) < 4.78 is 31.8. The standard InChI is InChI=1S/C41H23ClF2N4O2/c42-34-21-45-39(47-23-33(25-15-19-27(44)20-16-25)29-8-4-6-12-36(29)47)38(37(34)48-40(49)30-9-1-2-10-31(30)41(48)50)46-22-32(24-13-17-26(43)18-14-24)28-7-3-5-11-35(28)46/h1-23H. The molecule has 5 aromatic carbocycles. The lowest BCUT2D eigenvalue weighted by atomic mass is 10.1. The Kier molecular flexibility index (Phi) is 6.76. The van der Waals surface area contributed by atoms with Crippen molar-refractivity contribution in [3.63, 3.8) is 0 Å². The predicted octanol–water partition coefficient (Wildman–Crippen LogP) is 10.0. The molecule has 0 atom stereocenters. The van der Waals surface area contributed by atoms with E-state index in [2.05, 4.69) is 0 Å². The molecule has 0 saturated carbocycles. The number of halogens is 3. The molecule has 1 aliphatic heterocycles. The van der Waals surface area contributed by atoms with Gasteiger partial charge in [-0.2, -0.15) is 0 Å². The second-order valence-electron chi connectivity index (χ2n) is 12.0. The fourth-order valence-corrected chi connectivity index (χ4v) is 7.12. The first-order chi connectivity index (χ1) is 24.4. The number of carbonyl (C=O) groups excluding carboxylic acids is 2. The molecule has 8 aromatic rings. The molecule has 2 amide bonds. The molecule has 1 aliphatic rings. The summed E-state index contributed by atoms with van der Waals surface area (Å²) in [7, 11) is 0. The van der Waals surface area contributed by atoms with Crippen LogP contribution in [0.5, 0.6) is 0 Å². The Bertz CT molecular complexity index is 2640. The number of para-hydroxylation sites is 2. The lowest BCUT2D eigenvalue weighted by Crippen LogP contribution is -2.31. The Morgan fingerprint density at radius 1 is 0.520 bits per heavy atom. The highest BCUT2D eigenvalue weighted by Gasteiger charge is 2.40. The number of hydrogen-bond acceptors (Lipinski definition) is 3. The quantitative estimate of drug-likeness (QED) is 0.171. The zero-order chi connectivity index (χ0) is 34.1. The van der Waals surface area contributed by atoms with Crippen LogP contribution >= 0.6 is 11.6 Å². The van der Waals surface area contributed by atoms with Crippen LogP contribution in [0.3, 0.4) is 0 Å². The summed E-state index contributed by atoms with van der Waals surface area (Å²) in [5.41, 5.74) is 5.79. The summed E-state index contributed by atoms with van der Waals surface area (Å²) in [4.78, 5) is 34.2. The van der Waals surface area contributed by atoms with Gasteiger partial charge in [0.1, 0.15) is 23.0 Å². The molecule has 9 heteroatoms. The van der Waals surface area contributed by atoms with Gasteiger partial charge in [0.2, 0.25) is 0 Å². The summed E-state index contributed by atoms with van der Waals surface area (Å²) in [6.45, 7) is 0. The fourth-order valence-electron chi connectivity index (χ4n) is 6.90. The minimum Gasteiger partial charge on any atom is -0.311 e. The molecule has 0 spiro atoms. The van der Waals surface area contributed by atoms with Gasteiger partial charge in [0, 0.05) is 34.3 Å². The smallest absolute Gasteiger partial charge is 0.266 e. The molecule has 0 N–H and O–H groups in total. The van der Waals surface area contributed by atoms with Crippen molar-refractivity contribution in [1.29, 1.82) is 0 Å². The summed E-state index contributed by atoms with van der Waals surface area (Å²) in [5.74, 6) is -1.34. The van der Waals surface area contributed by atoms with Gasteiger partial charge in [-0.15, -0.1) is 0 Å². The minimum absolute atomic E-state index is 0.0922. The van der Waals surface area contributed by atoms with Crippen molar-refractivity contribution in [2.24, 2.45) is 0 Å². The van der Waals surface area contributed by atoms with E-state index in [1.807, 2.05) is 70.1 Å². The molecule has 0 aliphatic carbocycles. The number of rotatable bonds is 5. The van der Waals surface area contributed by atoms with Gasteiger partial charge in [-0.05, 0) is 59.7 Å². The molecule has 0 bridgehead atoms. The van der Waals surface area contributed by atoms with Crippen molar-refractivity contribution in [3.8, 4) is 33.8 Å². The first-order valence-electron chi connectivity index (χ1n) is 15.8. The van der Waals surface area contributed by atoms with E-state index in [4.69, 9.17) is 16.6 Å². The van der Waals surface area contributed by atoms with E-state index in [9.17, 15) is 18.4 Å². The lowest BCUT2D eigenvalue weighted by molar-refractivity contribution is 0.0926. The highest BCUT2D eigenvalue weighted by molar-refractivity contribution is 6.40. The average molecular weight is 677 g/mol. The molecule has 3 aromatic heterocycles. The number of amides is 2. The van der Waals surface area contributed by atoms with Crippen molar-refractivity contribution in [1.82, 2.24) is 14.1 Å². The SMILES string of the molecule is O=C1c2ccccc2C(=O)N1c1c(Cl)cnc(-n2cc(-c3ccc(F)cc3)c3ccccc32)c1-n1cc(-c2ccc(F)cc2)c2ccccc21. The number of imide groups is 1. The second kappa shape index (κ2) is 11.4. The van der Waals surface area contributed by atoms with E-state index in [1.54, 1.807) is 48.5 Å². The van der Waals surface area contributed by atoms with Crippen molar-refractivity contribution >= 4 is 50.9 Å². The summed E-state index contributed by atoms with van der Waals surface area (Å²) >= 11 is 7.01. The number of nitrogens with zero attached hydrogens (tertiary/aromatic N) is 4. The van der Waals surface area contributed by atoms with Gasteiger partial charge in [-0.25, -0.2) is 18.7 Å². The molecule has 240 valence electrons. The maximum atomic E-state index is 14.1. The Morgan fingerprint density at radius 2 is 0.980 bits per heavy atom. The maximum absolute atomic E-state index is 14.1. The van der Waals surface area contributed by atoms with Crippen molar-refractivity contribution in [3.05, 3.63) is 168 Å². The van der Waals surface area contributed by atoms with Crippen LogP contribution in [0.2, 0.25) is 5.02 Å². The lowest BCUT2D eigenvalue weighted by Gasteiger charge is -2.23. The highest BCUT2D eigenvalue weighted by Crippen LogP contribution is 2.44. The fraction of sp³-hybridized carbons (Fsp3) is 0. The highest BCUT2D eigenvalue weighted by atomic mass is 35.5. The zero-order valence-electron chi connectivity index (χ0n) is 26.0. The second-order valence-corrected chi connectivity index (χ2v) is 12.4. The summed E-state index contributed by atoms with van der Waals surface area (Å²) in [5, 5.41) is 1.82. The molecule has 0 unspecified atom stereocenters. The van der Waals surface area contributed by atoms with Gasteiger partial charge in [0.15, 0.2) is 5.82 Å². The average Bonchev–Trinajstić information content (AvgIpc) is 3.79. The van der Waals surface area contributed by atoms with Crippen LogP contribution in [0.15, 0.2) is 140 Å². The Hall–Kier alpha value is -6.38. The van der Waals surface area contributed by atoms with Crippen LogP contribution in [0.25, 0.3) is 55.6 Å². The van der Waals surface area contributed by atoms with Crippen LogP contribution in [-0.2, 0) is 0 Å². The van der Waals surface area contributed by atoms with Gasteiger partial charge in [-0.3, -0.25) is 14.2 Å². The van der Waals surface area contributed by atoms with Crippen LogP contribution in [-0.4, -0.2) is 25.9 Å². The van der Waals surface area contributed by atoms with Crippen molar-refractivity contribution in [2.75, 3.05) is 4.90 Å². The van der Waals surface area contributed by atoms with E-state index in [0.717, 1.165) is 49.0 Å². The number of benzene rings is 5. The van der Waals surface area contributed by atoms with Crippen LogP contribution in [0.4, 0.5) is 14.5 Å². The first kappa shape index (κ1) is 29.7. The van der Waals surface area contributed by atoms with E-state index in [1.165, 1.54) is 30.5 Å². The molecule has 6 nitrogen and oxygen atoms in total. The largest absolute Gasteiger partial charge is 0.311 e. The van der Waals surface area contributed by atoms with Crippen molar-refractivity contribution in [2.45, 2.75) is 0 Å². The molecule has 4 heterocycles.